The molecular weight excluding hydrogens is 216 g/mol. The van der Waals surface area contributed by atoms with Crippen LogP contribution in [0.1, 0.15) is 23.8 Å². The highest BCUT2D eigenvalue weighted by Gasteiger charge is 2.08. The molecule has 0 bridgehead atoms. The van der Waals surface area contributed by atoms with Crippen molar-refractivity contribution in [3.63, 3.8) is 0 Å². The van der Waals surface area contributed by atoms with E-state index >= 15 is 0 Å². The first-order valence-corrected chi connectivity index (χ1v) is 6.96. The molecule has 0 aliphatic rings. The van der Waals surface area contributed by atoms with Crippen molar-refractivity contribution in [1.82, 2.24) is 4.90 Å². The number of likely N-dealkylation sites (N-methyl/N-ethyl adjacent to an activating group) is 1. The van der Waals surface area contributed by atoms with Crippen LogP contribution < -0.4 is 5.73 Å². The van der Waals surface area contributed by atoms with E-state index in [4.69, 9.17) is 5.73 Å². The lowest BCUT2D eigenvalue weighted by atomic mass is 10.1. The van der Waals surface area contributed by atoms with Crippen LogP contribution in [-0.2, 0) is 6.42 Å². The van der Waals surface area contributed by atoms with Gasteiger partial charge in [-0.15, -0.1) is 11.3 Å². The molecular formula is C13H24N2S. The summed E-state index contributed by atoms with van der Waals surface area (Å²) in [5.41, 5.74) is 7.16. The van der Waals surface area contributed by atoms with Crippen molar-refractivity contribution in [2.75, 3.05) is 26.7 Å². The van der Waals surface area contributed by atoms with E-state index in [1.807, 2.05) is 11.3 Å². The van der Waals surface area contributed by atoms with Gasteiger partial charge in [-0.2, -0.15) is 0 Å². The second-order valence-electron chi connectivity index (χ2n) is 4.55. The zero-order valence-corrected chi connectivity index (χ0v) is 11.5. The van der Waals surface area contributed by atoms with E-state index in [0.29, 0.717) is 5.92 Å². The summed E-state index contributed by atoms with van der Waals surface area (Å²) in [7, 11) is 2.20. The third-order valence-electron chi connectivity index (χ3n) is 3.17. The van der Waals surface area contributed by atoms with Crippen molar-refractivity contribution < 1.29 is 0 Å². The zero-order valence-electron chi connectivity index (χ0n) is 10.7. The number of nitrogens with zero attached hydrogens (tertiary/aromatic N) is 1. The highest BCUT2D eigenvalue weighted by Crippen LogP contribution is 2.16. The first-order valence-electron chi connectivity index (χ1n) is 6.09. The number of nitrogens with two attached hydrogens (primary N) is 1. The molecule has 0 amide bonds. The maximum absolute atomic E-state index is 5.72. The molecule has 0 aromatic carbocycles. The molecule has 1 rings (SSSR count). The molecule has 0 radical (unpaired) electrons. The van der Waals surface area contributed by atoms with Crippen LogP contribution in [0.3, 0.4) is 0 Å². The van der Waals surface area contributed by atoms with E-state index in [1.165, 1.54) is 23.3 Å². The normalized spacial score (nSPS) is 13.3. The SMILES string of the molecule is CCC(CN)CN(C)CCc1sccc1C. The molecule has 0 aliphatic carbocycles. The van der Waals surface area contributed by atoms with Gasteiger partial charge in [-0.25, -0.2) is 0 Å². The largest absolute Gasteiger partial charge is 0.330 e. The molecule has 0 aliphatic heterocycles. The molecule has 3 heteroatoms. The van der Waals surface area contributed by atoms with Gasteiger partial charge >= 0.3 is 0 Å². The molecule has 1 atom stereocenters. The average Bonchev–Trinajstić information content (AvgIpc) is 2.69. The van der Waals surface area contributed by atoms with Crippen molar-refractivity contribution in [2.45, 2.75) is 26.7 Å². The number of rotatable bonds is 7. The number of thiophene rings is 1. The topological polar surface area (TPSA) is 29.3 Å². The van der Waals surface area contributed by atoms with Crippen molar-refractivity contribution in [3.05, 3.63) is 21.9 Å². The summed E-state index contributed by atoms with van der Waals surface area (Å²) in [5.74, 6) is 0.648. The van der Waals surface area contributed by atoms with E-state index in [0.717, 1.165) is 19.6 Å². The lowest BCUT2D eigenvalue weighted by Crippen LogP contribution is -2.31. The van der Waals surface area contributed by atoms with E-state index < -0.39 is 0 Å². The summed E-state index contributed by atoms with van der Waals surface area (Å²) in [6.45, 7) is 7.48. The molecule has 0 saturated carbocycles. The fourth-order valence-electron chi connectivity index (χ4n) is 1.85. The van der Waals surface area contributed by atoms with Crippen LogP contribution in [0.4, 0.5) is 0 Å². The van der Waals surface area contributed by atoms with E-state index in [2.05, 4.69) is 37.2 Å². The van der Waals surface area contributed by atoms with Gasteiger partial charge in [-0.3, -0.25) is 0 Å². The van der Waals surface area contributed by atoms with Crippen molar-refractivity contribution in [2.24, 2.45) is 11.7 Å². The summed E-state index contributed by atoms with van der Waals surface area (Å²) in [5, 5.41) is 2.18. The van der Waals surface area contributed by atoms with Gasteiger partial charge in [0.1, 0.15) is 0 Å². The molecule has 1 aromatic heterocycles. The number of hydrogen-bond donors (Lipinski definition) is 1. The van der Waals surface area contributed by atoms with Gasteiger partial charge < -0.3 is 10.6 Å². The predicted molar refractivity (Wildman–Crippen MR) is 73.1 cm³/mol. The number of aryl methyl sites for hydroxylation is 1. The van der Waals surface area contributed by atoms with Crippen LogP contribution in [0.2, 0.25) is 0 Å². The van der Waals surface area contributed by atoms with Crippen LogP contribution >= 0.6 is 11.3 Å². The fourth-order valence-corrected chi connectivity index (χ4v) is 2.75. The molecule has 0 fully saturated rings. The Balaban J connectivity index is 2.30. The van der Waals surface area contributed by atoms with Gasteiger partial charge in [0.05, 0.1) is 0 Å². The summed E-state index contributed by atoms with van der Waals surface area (Å²) in [4.78, 5) is 3.92. The number of hydrogen-bond acceptors (Lipinski definition) is 3. The van der Waals surface area contributed by atoms with Gasteiger partial charge in [-0.1, -0.05) is 13.3 Å². The summed E-state index contributed by atoms with van der Waals surface area (Å²) in [6, 6.07) is 2.20. The van der Waals surface area contributed by atoms with Gasteiger partial charge in [0.2, 0.25) is 0 Å². The van der Waals surface area contributed by atoms with E-state index in [9.17, 15) is 0 Å². The highest BCUT2D eigenvalue weighted by atomic mass is 32.1. The summed E-state index contributed by atoms with van der Waals surface area (Å²) in [6.07, 6.45) is 2.35. The van der Waals surface area contributed by atoms with Crippen molar-refractivity contribution in [1.29, 1.82) is 0 Å². The minimum Gasteiger partial charge on any atom is -0.330 e. The molecule has 1 unspecified atom stereocenters. The Morgan fingerprint density at radius 3 is 2.75 bits per heavy atom. The van der Waals surface area contributed by atoms with Crippen LogP contribution in [0.5, 0.6) is 0 Å². The van der Waals surface area contributed by atoms with Crippen LogP contribution in [0.25, 0.3) is 0 Å². The second kappa shape index (κ2) is 7.05. The van der Waals surface area contributed by atoms with Crippen LogP contribution in [0.15, 0.2) is 11.4 Å². The highest BCUT2D eigenvalue weighted by molar-refractivity contribution is 7.10. The molecule has 0 spiro atoms. The smallest absolute Gasteiger partial charge is 0.00871 e. The Morgan fingerprint density at radius 1 is 1.50 bits per heavy atom. The Labute approximate surface area is 103 Å². The predicted octanol–water partition coefficient (Wildman–Crippen LogP) is 2.52. The average molecular weight is 240 g/mol. The third kappa shape index (κ3) is 4.24. The Bertz CT molecular complexity index is 292. The third-order valence-corrected chi connectivity index (χ3v) is 4.25. The summed E-state index contributed by atoms with van der Waals surface area (Å²) < 4.78 is 0. The second-order valence-corrected chi connectivity index (χ2v) is 5.55. The Kier molecular flexibility index (Phi) is 6.03. The van der Waals surface area contributed by atoms with E-state index in [1.54, 1.807) is 0 Å². The van der Waals surface area contributed by atoms with Crippen molar-refractivity contribution in [3.8, 4) is 0 Å². The van der Waals surface area contributed by atoms with Gasteiger partial charge in [-0.05, 0) is 49.9 Å². The van der Waals surface area contributed by atoms with Gasteiger partial charge in [0.15, 0.2) is 0 Å². The first-order chi connectivity index (χ1) is 7.67. The minimum atomic E-state index is 0.648. The van der Waals surface area contributed by atoms with Gasteiger partial charge in [0, 0.05) is 18.0 Å². The quantitative estimate of drug-likeness (QED) is 0.793. The molecule has 92 valence electrons. The lowest BCUT2D eigenvalue weighted by Gasteiger charge is -2.21. The van der Waals surface area contributed by atoms with Crippen LogP contribution in [-0.4, -0.2) is 31.6 Å². The molecule has 2 N–H and O–H groups in total. The maximum Gasteiger partial charge on any atom is 0.00871 e. The van der Waals surface area contributed by atoms with E-state index in [-0.39, 0.29) is 0 Å². The molecule has 2 nitrogen and oxygen atoms in total. The zero-order chi connectivity index (χ0) is 12.0. The molecule has 1 heterocycles. The summed E-state index contributed by atoms with van der Waals surface area (Å²) >= 11 is 1.87. The van der Waals surface area contributed by atoms with Crippen molar-refractivity contribution >= 4 is 11.3 Å². The Hall–Kier alpha value is -0.380. The molecule has 1 aromatic rings. The molecule has 0 saturated heterocycles. The Morgan fingerprint density at radius 2 is 2.25 bits per heavy atom. The monoisotopic (exact) mass is 240 g/mol. The first kappa shape index (κ1) is 13.7. The lowest BCUT2D eigenvalue weighted by molar-refractivity contribution is 0.278. The molecule has 16 heavy (non-hydrogen) atoms. The standard InChI is InChI=1S/C13H24N2S/c1-4-12(9-14)10-15(3)7-5-13-11(2)6-8-16-13/h6,8,12H,4-5,7,9-10,14H2,1-3H3. The fraction of sp³-hybridized carbons (Fsp3) is 0.692. The van der Waals surface area contributed by atoms with Crippen LogP contribution in [0, 0.1) is 12.8 Å². The maximum atomic E-state index is 5.72. The van der Waals surface area contributed by atoms with Gasteiger partial charge in [0.25, 0.3) is 0 Å². The minimum absolute atomic E-state index is 0.648.